The van der Waals surface area contributed by atoms with Crippen molar-refractivity contribution in [2.75, 3.05) is 85.3 Å². The van der Waals surface area contributed by atoms with Crippen molar-refractivity contribution in [1.82, 2.24) is 0 Å². The zero-order valence-electron chi connectivity index (χ0n) is 37.5. The van der Waals surface area contributed by atoms with Crippen LogP contribution in [0.5, 0.6) is 69.0 Å². The van der Waals surface area contributed by atoms with Gasteiger partial charge in [-0.05, 0) is 0 Å². The summed E-state index contributed by atoms with van der Waals surface area (Å²) >= 11 is 2.25. The molecule has 0 spiro atoms. The van der Waals surface area contributed by atoms with Crippen molar-refractivity contribution in [2.45, 2.75) is 51.8 Å². The van der Waals surface area contributed by atoms with E-state index in [9.17, 15) is 0 Å². The quantitative estimate of drug-likeness (QED) is 0.109. The molecule has 17 heteroatoms. The fourth-order valence-corrected chi connectivity index (χ4v) is 18.2. The summed E-state index contributed by atoms with van der Waals surface area (Å²) < 4.78 is 75.6. The second kappa shape index (κ2) is 20.9. The Bertz CT molecular complexity index is 1890. The predicted octanol–water partition coefficient (Wildman–Crippen LogP) is -2.87. The Morgan fingerprint density at radius 2 is 0.492 bits per heavy atom. The number of hydrogen-bond donors (Lipinski definition) is 0. The van der Waals surface area contributed by atoms with Gasteiger partial charge in [-0.1, -0.05) is 0 Å². The first kappa shape index (κ1) is 53.6. The topological polar surface area (TPSA) is 111 Å². The predicted molar refractivity (Wildman–Crippen MR) is 216 cm³/mol. The van der Waals surface area contributed by atoms with Gasteiger partial charge in [-0.3, -0.25) is 0 Å². The van der Waals surface area contributed by atoms with Crippen LogP contribution in [0.3, 0.4) is 0 Å². The first-order chi connectivity index (χ1) is 26.6. The van der Waals surface area contributed by atoms with Gasteiger partial charge in [0.15, 0.2) is 0 Å². The van der Waals surface area contributed by atoms with Gasteiger partial charge < -0.3 is 37.2 Å². The number of allylic oxidation sites excluding steroid dienone is 4. The van der Waals surface area contributed by atoms with E-state index >= 15 is 0 Å². The van der Waals surface area contributed by atoms with Crippen LogP contribution in [0.25, 0.3) is 0 Å². The van der Waals surface area contributed by atoms with E-state index in [0.29, 0.717) is 101 Å². The van der Waals surface area contributed by atoms with E-state index in [-0.39, 0.29) is 37.2 Å². The molecule has 3 aromatic rings. The number of ether oxygens (including phenoxy) is 12. The summed E-state index contributed by atoms with van der Waals surface area (Å²) in [5.74, 6) is 5.01. The molecule has 3 aromatic carbocycles. The van der Waals surface area contributed by atoms with Gasteiger partial charge in [0, 0.05) is 0 Å². The smallest absolute Gasteiger partial charge is 1.00 e. The Labute approximate surface area is 381 Å². The summed E-state index contributed by atoms with van der Waals surface area (Å²) in [6.07, 6.45) is 0. The van der Waals surface area contributed by atoms with E-state index in [1.165, 1.54) is 0 Å². The molecule has 0 aliphatic heterocycles. The Hall–Kier alpha value is -3.46. The molecule has 0 saturated heterocycles. The van der Waals surface area contributed by atoms with Crippen LogP contribution >= 0.6 is 0 Å². The SMILES string of the molecule is COc1c(C)c(OC)c([Si](c2c(OC)c(C)c(OC)c(OC)c2OC)(c2c(OC)c(C)c(OC)c(OC)c2OC)[C]2([Ti+3])C(C)=C(C)C(C)=C2C)c(OC)c1OC.[Cl-].[Cl-].[Cl-]. The molecule has 0 fully saturated rings. The molecule has 1 aliphatic rings. The molecule has 1 aliphatic carbocycles. The Kier molecular flexibility index (Phi) is 19.0. The number of halogens is 3. The molecule has 0 aromatic heterocycles. The molecule has 0 N–H and O–H groups in total. The molecular formula is C42H57Cl3O12SiTi. The van der Waals surface area contributed by atoms with Gasteiger partial charge in [-0.25, -0.2) is 0 Å². The molecule has 4 rings (SSSR count). The molecule has 0 bridgehead atoms. The molecule has 0 atom stereocenters. The van der Waals surface area contributed by atoms with E-state index in [1.807, 2.05) is 20.8 Å². The number of rotatable bonds is 16. The zero-order chi connectivity index (χ0) is 42.2. The van der Waals surface area contributed by atoms with Crippen molar-refractivity contribution in [3.05, 3.63) is 39.0 Å². The molecule has 0 unspecified atom stereocenters. The van der Waals surface area contributed by atoms with Crippen molar-refractivity contribution >= 4 is 23.6 Å². The molecule has 0 heterocycles. The molecule has 59 heavy (non-hydrogen) atoms. The fraction of sp³-hybridized carbons (Fsp3) is 0.476. The van der Waals surface area contributed by atoms with Gasteiger partial charge in [0.1, 0.15) is 0 Å². The third-order valence-corrected chi connectivity index (χ3v) is 20.0. The Balaban J connectivity index is 0.00000580. The van der Waals surface area contributed by atoms with Crippen LogP contribution in [0.15, 0.2) is 22.3 Å². The normalized spacial score (nSPS) is 13.0. The average molecular weight is 936 g/mol. The van der Waals surface area contributed by atoms with Crippen LogP contribution in [-0.4, -0.2) is 93.4 Å². The summed E-state index contributed by atoms with van der Waals surface area (Å²) in [4.78, 5) is 0. The minimum absolute atomic E-state index is 0. The number of benzene rings is 3. The van der Waals surface area contributed by atoms with Crippen LogP contribution < -0.4 is 110 Å². The van der Waals surface area contributed by atoms with Crippen molar-refractivity contribution in [3.8, 4) is 69.0 Å². The largest absolute Gasteiger partial charge is 1.00 e. The van der Waals surface area contributed by atoms with Gasteiger partial charge in [0.05, 0.1) is 0 Å². The third kappa shape index (κ3) is 7.31. The summed E-state index contributed by atoms with van der Waals surface area (Å²) in [5.41, 5.74) is 6.44. The Morgan fingerprint density at radius 3 is 0.661 bits per heavy atom. The van der Waals surface area contributed by atoms with Gasteiger partial charge in [0.2, 0.25) is 0 Å². The molecule has 326 valence electrons. The zero-order valence-corrected chi connectivity index (χ0v) is 42.4. The number of hydrogen-bond acceptors (Lipinski definition) is 12. The van der Waals surface area contributed by atoms with Crippen LogP contribution in [0, 0.1) is 20.8 Å². The standard InChI is InChI=1S/C42H57O12Si.3ClH.Ti/c1-20-21(2)23(4)39(22(20)3)55(40-30(46-11)24(5)27(43-8)33(49-14)36(40)52-17,41-31(47-12)25(6)28(44-9)34(50-15)37(41)53-18)42-32(48-13)26(7)29(45-10)35(51-16)38(42)54-19;;;;/h1-19H3;3*1H;/q;;;;+3/p-3. The van der Waals surface area contributed by atoms with E-state index in [0.717, 1.165) is 22.3 Å². The summed E-state index contributed by atoms with van der Waals surface area (Å²) in [6.45, 7) is 14.4. The maximum atomic E-state index is 6.61. The minimum Gasteiger partial charge on any atom is -1.00 e. The average Bonchev–Trinajstić information content (AvgIpc) is 3.35. The van der Waals surface area contributed by atoms with Crippen molar-refractivity contribution < 1.29 is 114 Å². The maximum absolute atomic E-state index is 6.61. The third-order valence-electron chi connectivity index (χ3n) is 11.6. The van der Waals surface area contributed by atoms with Crippen LogP contribution in [0.4, 0.5) is 0 Å². The van der Waals surface area contributed by atoms with Crippen molar-refractivity contribution in [3.63, 3.8) is 0 Å². The van der Waals surface area contributed by atoms with Crippen molar-refractivity contribution in [1.29, 1.82) is 0 Å². The van der Waals surface area contributed by atoms with E-state index < -0.39 is 11.4 Å². The molecule has 0 radical (unpaired) electrons. The summed E-state index contributed by atoms with van der Waals surface area (Å²) in [6, 6.07) is 0. The Morgan fingerprint density at radius 1 is 0.305 bits per heavy atom. The van der Waals surface area contributed by atoms with Crippen LogP contribution in [0.1, 0.15) is 44.4 Å². The van der Waals surface area contributed by atoms with Crippen LogP contribution in [0.2, 0.25) is 3.34 Å². The van der Waals surface area contributed by atoms with E-state index in [4.69, 9.17) is 56.8 Å². The van der Waals surface area contributed by atoms with Crippen LogP contribution in [-0.2, 0) is 20.4 Å². The molecule has 0 amide bonds. The second-order valence-corrected chi connectivity index (χ2v) is 19.1. The van der Waals surface area contributed by atoms with Gasteiger partial charge >= 0.3 is 346 Å². The van der Waals surface area contributed by atoms with Gasteiger partial charge in [0.25, 0.3) is 0 Å². The number of methoxy groups -OCH3 is 12. The van der Waals surface area contributed by atoms with E-state index in [1.54, 1.807) is 85.3 Å². The summed E-state index contributed by atoms with van der Waals surface area (Å²) in [5, 5.41) is 1.98. The van der Waals surface area contributed by atoms with Gasteiger partial charge in [-0.15, -0.1) is 0 Å². The van der Waals surface area contributed by atoms with E-state index in [2.05, 4.69) is 48.1 Å². The summed E-state index contributed by atoms with van der Waals surface area (Å²) in [7, 11) is 14.9. The monoisotopic (exact) mass is 934 g/mol. The molecular weight excluding hydrogens is 879 g/mol. The first-order valence-electron chi connectivity index (χ1n) is 17.8. The first-order valence-corrected chi connectivity index (χ1v) is 20.6. The van der Waals surface area contributed by atoms with Crippen molar-refractivity contribution in [2.24, 2.45) is 0 Å². The maximum Gasteiger partial charge on any atom is -1.00 e. The van der Waals surface area contributed by atoms with Gasteiger partial charge in [-0.2, -0.15) is 0 Å². The molecule has 0 saturated carbocycles. The fourth-order valence-electron chi connectivity index (χ4n) is 8.91. The molecule has 12 nitrogen and oxygen atoms in total. The minimum atomic E-state index is -4.33. The second-order valence-electron chi connectivity index (χ2n) is 13.4.